The van der Waals surface area contributed by atoms with Crippen LogP contribution in [0.2, 0.25) is 0 Å². The van der Waals surface area contributed by atoms with Crippen molar-refractivity contribution >= 4 is 72.7 Å². The maximum Gasteiger partial charge on any atom is 0.246 e. The van der Waals surface area contributed by atoms with Crippen LogP contribution in [0.1, 0.15) is 25.0 Å². The number of fused-ring (bicyclic) bond motifs is 8. The second-order valence-electron chi connectivity index (χ2n) is 13.4. The number of aromatic nitrogens is 1. The summed E-state index contributed by atoms with van der Waals surface area (Å²) in [4.78, 5) is 2.59. The van der Waals surface area contributed by atoms with Gasteiger partial charge >= 0.3 is 0 Å². The quantitative estimate of drug-likeness (QED) is 0.184. The molecule has 46 heavy (non-hydrogen) atoms. The second kappa shape index (κ2) is 9.25. The lowest BCUT2D eigenvalue weighted by atomic mass is 9.34. The predicted octanol–water partition coefficient (Wildman–Crippen LogP) is 8.88. The highest BCUT2D eigenvalue weighted by Gasteiger charge is 2.44. The van der Waals surface area contributed by atoms with Crippen LogP contribution in [0.4, 0.5) is 17.1 Å². The van der Waals surface area contributed by atoms with E-state index < -0.39 is 0 Å². The van der Waals surface area contributed by atoms with Crippen molar-refractivity contribution in [3.8, 4) is 5.69 Å². The van der Waals surface area contributed by atoms with E-state index >= 15 is 0 Å². The Labute approximate surface area is 269 Å². The molecule has 0 saturated carbocycles. The fourth-order valence-corrected chi connectivity index (χ4v) is 8.46. The van der Waals surface area contributed by atoms with Crippen LogP contribution in [0.5, 0.6) is 0 Å². The van der Waals surface area contributed by atoms with E-state index in [1.165, 1.54) is 82.8 Å². The fourth-order valence-electron chi connectivity index (χ4n) is 8.46. The van der Waals surface area contributed by atoms with Crippen LogP contribution in [-0.2, 0) is 5.41 Å². The number of hydrogen-bond donors (Lipinski definition) is 0. The SMILES string of the molecule is CC1(C)c2cc3ccccc3cc2N2c3cc(-n4c5ccccc5c5ccccc54)ccc3B(c3ccccc3)c3cccc1c32. The average Bonchev–Trinajstić information content (AvgIpc) is 3.44. The van der Waals surface area contributed by atoms with Gasteiger partial charge in [-0.15, -0.1) is 0 Å². The van der Waals surface area contributed by atoms with E-state index in [1.807, 2.05) is 0 Å². The lowest BCUT2D eigenvalue weighted by Crippen LogP contribution is -2.58. The normalized spacial score (nSPS) is 14.4. The Morgan fingerprint density at radius 2 is 1.15 bits per heavy atom. The van der Waals surface area contributed by atoms with E-state index in [2.05, 4.69) is 175 Å². The van der Waals surface area contributed by atoms with Gasteiger partial charge in [0, 0.05) is 33.2 Å². The van der Waals surface area contributed by atoms with Gasteiger partial charge in [-0.05, 0) is 69.2 Å². The van der Waals surface area contributed by atoms with Crippen molar-refractivity contribution in [2.24, 2.45) is 0 Å². The molecule has 2 aliphatic rings. The third-order valence-electron chi connectivity index (χ3n) is 10.6. The minimum atomic E-state index is -0.162. The first-order valence-corrected chi connectivity index (χ1v) is 16.2. The number of para-hydroxylation sites is 3. The summed E-state index contributed by atoms with van der Waals surface area (Å²) in [7, 11) is 0. The summed E-state index contributed by atoms with van der Waals surface area (Å²) < 4.78 is 2.44. The smallest absolute Gasteiger partial charge is 0.246 e. The van der Waals surface area contributed by atoms with Gasteiger partial charge in [-0.1, -0.05) is 135 Å². The van der Waals surface area contributed by atoms with Gasteiger partial charge in [0.1, 0.15) is 0 Å². The van der Waals surface area contributed by atoms with Gasteiger partial charge in [-0.3, -0.25) is 0 Å². The molecule has 8 aromatic rings. The maximum absolute atomic E-state index is 2.59. The molecule has 0 unspecified atom stereocenters. The van der Waals surface area contributed by atoms with Gasteiger partial charge in [0.05, 0.1) is 16.7 Å². The Bertz CT molecular complexity index is 2470. The first kappa shape index (κ1) is 25.8. The molecule has 3 heteroatoms. The summed E-state index contributed by atoms with van der Waals surface area (Å²) in [5.74, 6) is 0. The van der Waals surface area contributed by atoms with Gasteiger partial charge in [0.15, 0.2) is 0 Å². The van der Waals surface area contributed by atoms with Crippen LogP contribution >= 0.6 is 0 Å². The molecule has 0 aliphatic carbocycles. The summed E-state index contributed by atoms with van der Waals surface area (Å²) in [6.45, 7) is 4.93. The van der Waals surface area contributed by atoms with Crippen molar-refractivity contribution in [2.45, 2.75) is 19.3 Å². The number of nitrogens with zero attached hydrogens (tertiary/aromatic N) is 2. The van der Waals surface area contributed by atoms with Crippen molar-refractivity contribution < 1.29 is 0 Å². The van der Waals surface area contributed by atoms with Crippen LogP contribution in [0.25, 0.3) is 38.3 Å². The Morgan fingerprint density at radius 1 is 0.500 bits per heavy atom. The van der Waals surface area contributed by atoms with Gasteiger partial charge < -0.3 is 9.47 Å². The molecule has 0 amide bonds. The van der Waals surface area contributed by atoms with Crippen molar-refractivity contribution in [3.05, 3.63) is 163 Å². The monoisotopic (exact) mass is 586 g/mol. The molecule has 0 bridgehead atoms. The molecule has 2 nitrogen and oxygen atoms in total. The predicted molar refractivity (Wildman–Crippen MR) is 196 cm³/mol. The van der Waals surface area contributed by atoms with Crippen molar-refractivity contribution in [1.82, 2.24) is 4.57 Å². The summed E-state index contributed by atoms with van der Waals surface area (Å²) in [6, 6.07) is 56.4. The molecule has 0 N–H and O–H groups in total. The molecule has 3 heterocycles. The molecule has 0 saturated heterocycles. The summed E-state index contributed by atoms with van der Waals surface area (Å²) in [5, 5.41) is 5.11. The zero-order valence-electron chi connectivity index (χ0n) is 25.9. The highest BCUT2D eigenvalue weighted by atomic mass is 15.2. The summed E-state index contributed by atoms with van der Waals surface area (Å²) >= 11 is 0. The van der Waals surface area contributed by atoms with E-state index in [-0.39, 0.29) is 12.1 Å². The molecule has 10 rings (SSSR count). The van der Waals surface area contributed by atoms with E-state index in [9.17, 15) is 0 Å². The van der Waals surface area contributed by atoms with Crippen LogP contribution in [0, 0.1) is 0 Å². The first-order chi connectivity index (χ1) is 22.6. The maximum atomic E-state index is 2.59. The molecule has 0 radical (unpaired) electrons. The first-order valence-electron chi connectivity index (χ1n) is 16.2. The topological polar surface area (TPSA) is 8.17 Å². The Balaban J connectivity index is 1.32. The third-order valence-corrected chi connectivity index (χ3v) is 10.6. The van der Waals surface area contributed by atoms with E-state index in [1.54, 1.807) is 0 Å². The third kappa shape index (κ3) is 3.38. The Hall–Kier alpha value is -5.54. The van der Waals surface area contributed by atoms with E-state index in [0.29, 0.717) is 0 Å². The second-order valence-corrected chi connectivity index (χ2v) is 13.4. The van der Waals surface area contributed by atoms with E-state index in [0.717, 1.165) is 0 Å². The summed E-state index contributed by atoms with van der Waals surface area (Å²) in [5.41, 5.74) is 14.1. The van der Waals surface area contributed by atoms with Crippen molar-refractivity contribution in [3.63, 3.8) is 0 Å². The zero-order chi connectivity index (χ0) is 30.6. The summed E-state index contributed by atoms with van der Waals surface area (Å²) in [6.07, 6.45) is 0. The van der Waals surface area contributed by atoms with Crippen LogP contribution in [-0.4, -0.2) is 11.3 Å². The molecule has 1 aromatic heterocycles. The largest absolute Gasteiger partial charge is 0.311 e. The van der Waals surface area contributed by atoms with Crippen LogP contribution < -0.4 is 21.3 Å². The highest BCUT2D eigenvalue weighted by molar-refractivity contribution is 6.98. The van der Waals surface area contributed by atoms with Gasteiger partial charge in [0.25, 0.3) is 0 Å². The average molecular weight is 587 g/mol. The molecule has 7 aromatic carbocycles. The standard InChI is InChI=1S/C43H31BN2/c1-43(2)34-19-12-20-37-42(34)46(40-26-29-14-7-6-13-28(29)25-35(40)43)41-27-31(23-24-36(41)44(37)30-15-4-3-5-16-30)45-38-21-10-8-17-32(38)33-18-9-11-22-39(33)45/h3-27H,1-2H3. The van der Waals surface area contributed by atoms with Crippen molar-refractivity contribution in [2.75, 3.05) is 4.90 Å². The number of anilines is 3. The molecule has 0 atom stereocenters. The lowest BCUT2D eigenvalue weighted by molar-refractivity contribution is 0.633. The fraction of sp³-hybridized carbons (Fsp3) is 0.0698. The van der Waals surface area contributed by atoms with Crippen LogP contribution in [0.3, 0.4) is 0 Å². The molecule has 0 fully saturated rings. The molecular weight excluding hydrogens is 555 g/mol. The highest BCUT2D eigenvalue weighted by Crippen LogP contribution is 2.53. The lowest BCUT2D eigenvalue weighted by Gasteiger charge is -2.47. The minimum Gasteiger partial charge on any atom is -0.311 e. The van der Waals surface area contributed by atoms with E-state index in [4.69, 9.17) is 0 Å². The van der Waals surface area contributed by atoms with Gasteiger partial charge in [-0.2, -0.15) is 0 Å². The number of hydrogen-bond acceptors (Lipinski definition) is 1. The van der Waals surface area contributed by atoms with Crippen molar-refractivity contribution in [1.29, 1.82) is 0 Å². The number of rotatable bonds is 2. The molecule has 2 aliphatic heterocycles. The number of benzene rings is 7. The molecule has 0 spiro atoms. The zero-order valence-corrected chi connectivity index (χ0v) is 25.9. The Morgan fingerprint density at radius 3 is 1.89 bits per heavy atom. The molecule has 216 valence electrons. The van der Waals surface area contributed by atoms with Crippen LogP contribution in [0.15, 0.2) is 152 Å². The minimum absolute atomic E-state index is 0.132. The Kier molecular flexibility index (Phi) is 5.18. The molecular formula is C43H31BN2. The van der Waals surface area contributed by atoms with Gasteiger partial charge in [-0.25, -0.2) is 0 Å². The van der Waals surface area contributed by atoms with Gasteiger partial charge in [0.2, 0.25) is 6.71 Å².